The third kappa shape index (κ3) is 4.18. The summed E-state index contributed by atoms with van der Waals surface area (Å²) in [7, 11) is 0. The average Bonchev–Trinajstić information content (AvgIpc) is 2.49. The molecule has 0 bridgehead atoms. The predicted molar refractivity (Wildman–Crippen MR) is 86.4 cm³/mol. The van der Waals surface area contributed by atoms with Gasteiger partial charge >= 0.3 is 0 Å². The molecule has 6 N–H and O–H groups in total. The highest BCUT2D eigenvalue weighted by molar-refractivity contribution is 5.93. The van der Waals surface area contributed by atoms with E-state index in [0.717, 1.165) is 0 Å². The molecule has 1 fully saturated rings. The molecule has 0 saturated carbocycles. The van der Waals surface area contributed by atoms with Gasteiger partial charge in [-0.2, -0.15) is 0 Å². The first-order valence-corrected chi connectivity index (χ1v) is 7.79. The van der Waals surface area contributed by atoms with E-state index in [9.17, 15) is 29.7 Å². The summed E-state index contributed by atoms with van der Waals surface area (Å²) in [4.78, 5) is 36.7. The molecule has 1 aromatic carbocycles. The second kappa shape index (κ2) is 7.39. The number of aromatic hydroxyl groups is 2. The Balaban J connectivity index is 1.90. The Kier molecular flexibility index (Phi) is 5.48. The van der Waals surface area contributed by atoms with Crippen molar-refractivity contribution in [2.24, 2.45) is 5.73 Å². The molecular weight excluding hydrogens is 330 g/mol. The number of carbonyl (C=O) groups is 3. The van der Waals surface area contributed by atoms with Crippen molar-refractivity contribution < 1.29 is 29.7 Å². The third-order valence-electron chi connectivity index (χ3n) is 4.13. The molecule has 9 heteroatoms. The van der Waals surface area contributed by atoms with Crippen molar-refractivity contribution in [1.29, 1.82) is 0 Å². The van der Waals surface area contributed by atoms with Crippen LogP contribution in [0.2, 0.25) is 0 Å². The monoisotopic (exact) mass is 351 g/mol. The molecule has 3 unspecified atom stereocenters. The van der Waals surface area contributed by atoms with E-state index in [0.29, 0.717) is 18.5 Å². The van der Waals surface area contributed by atoms with E-state index in [1.54, 1.807) is 0 Å². The fraction of sp³-hybridized carbons (Fsp3) is 0.438. The Labute approximate surface area is 144 Å². The summed E-state index contributed by atoms with van der Waals surface area (Å²) in [5.41, 5.74) is 5.62. The maximum atomic E-state index is 12.2. The highest BCUT2D eigenvalue weighted by atomic mass is 16.3. The zero-order valence-corrected chi connectivity index (χ0v) is 13.7. The minimum absolute atomic E-state index is 0.103. The van der Waals surface area contributed by atoms with Gasteiger partial charge in [-0.3, -0.25) is 14.4 Å². The van der Waals surface area contributed by atoms with Gasteiger partial charge in [-0.1, -0.05) is 6.07 Å². The number of aliphatic hydroxyl groups is 1. The number of phenolic OH excluding ortho intramolecular Hbond substituents is 2. The van der Waals surface area contributed by atoms with Crippen LogP contribution in [0.5, 0.6) is 11.5 Å². The van der Waals surface area contributed by atoms with Gasteiger partial charge in [0.05, 0.1) is 0 Å². The van der Waals surface area contributed by atoms with Crippen molar-refractivity contribution in [3.05, 3.63) is 23.8 Å². The molecule has 136 valence electrons. The number of rotatable bonds is 6. The van der Waals surface area contributed by atoms with Gasteiger partial charge in [0.25, 0.3) is 0 Å². The summed E-state index contributed by atoms with van der Waals surface area (Å²) in [5.74, 6) is -2.46. The molecule has 1 aliphatic heterocycles. The van der Waals surface area contributed by atoms with E-state index >= 15 is 0 Å². The van der Waals surface area contributed by atoms with Gasteiger partial charge in [0.1, 0.15) is 18.2 Å². The van der Waals surface area contributed by atoms with E-state index in [-0.39, 0.29) is 17.9 Å². The number of hydrogen-bond donors (Lipinski definition) is 5. The van der Waals surface area contributed by atoms with Crippen LogP contribution in [-0.4, -0.2) is 62.7 Å². The maximum Gasteiger partial charge on any atom is 0.249 e. The van der Waals surface area contributed by atoms with E-state index in [1.807, 2.05) is 0 Å². The number of nitrogens with two attached hydrogens (primary N) is 1. The van der Waals surface area contributed by atoms with E-state index in [2.05, 4.69) is 5.32 Å². The highest BCUT2D eigenvalue weighted by Gasteiger charge is 2.38. The zero-order chi connectivity index (χ0) is 18.7. The lowest BCUT2D eigenvalue weighted by molar-refractivity contribution is -0.149. The van der Waals surface area contributed by atoms with Crippen LogP contribution in [0.15, 0.2) is 18.2 Å². The van der Waals surface area contributed by atoms with Crippen molar-refractivity contribution in [3.63, 3.8) is 0 Å². The number of nitrogens with one attached hydrogen (secondary N) is 1. The molecular formula is C16H21N3O6. The Hall–Kier alpha value is -2.81. The Morgan fingerprint density at radius 3 is 2.52 bits per heavy atom. The fourth-order valence-electron chi connectivity index (χ4n) is 2.58. The van der Waals surface area contributed by atoms with Gasteiger partial charge in [-0.05, 0) is 31.0 Å². The van der Waals surface area contributed by atoms with Crippen molar-refractivity contribution in [2.75, 3.05) is 6.54 Å². The molecule has 3 amide bonds. The normalized spacial score (nSPS) is 18.8. The number of benzene rings is 1. The maximum absolute atomic E-state index is 12.2. The van der Waals surface area contributed by atoms with E-state index in [4.69, 9.17) is 5.73 Å². The lowest BCUT2D eigenvalue weighted by atomic mass is 10.0. The number of aliphatic hydroxyl groups excluding tert-OH is 1. The number of amides is 3. The molecule has 0 aliphatic carbocycles. The number of carbonyl (C=O) groups excluding carboxylic acids is 3. The predicted octanol–water partition coefficient (Wildman–Crippen LogP) is -1.41. The number of likely N-dealkylation sites (tertiary alicyclic amines) is 1. The summed E-state index contributed by atoms with van der Waals surface area (Å²) >= 11 is 0. The van der Waals surface area contributed by atoms with Crippen molar-refractivity contribution in [3.8, 4) is 11.5 Å². The molecule has 25 heavy (non-hydrogen) atoms. The van der Waals surface area contributed by atoms with Crippen LogP contribution in [-0.2, 0) is 20.8 Å². The molecule has 0 radical (unpaired) electrons. The molecule has 3 atom stereocenters. The van der Waals surface area contributed by atoms with Crippen LogP contribution in [0.25, 0.3) is 0 Å². The van der Waals surface area contributed by atoms with Crippen molar-refractivity contribution in [1.82, 2.24) is 10.2 Å². The average molecular weight is 351 g/mol. The van der Waals surface area contributed by atoms with Crippen molar-refractivity contribution in [2.45, 2.75) is 38.0 Å². The van der Waals surface area contributed by atoms with Gasteiger partial charge in [-0.15, -0.1) is 0 Å². The molecule has 1 heterocycles. The Morgan fingerprint density at radius 2 is 2.00 bits per heavy atom. The Bertz CT molecular complexity index is 692. The Morgan fingerprint density at radius 1 is 1.32 bits per heavy atom. The second-order valence-electron chi connectivity index (χ2n) is 6.01. The van der Waals surface area contributed by atoms with Gasteiger partial charge in [0.2, 0.25) is 17.7 Å². The van der Waals surface area contributed by atoms with Crippen LogP contribution in [0, 0.1) is 0 Å². The lowest BCUT2D eigenvalue weighted by Gasteiger charge is -2.40. The highest BCUT2D eigenvalue weighted by Crippen LogP contribution is 2.25. The molecule has 2 rings (SSSR count). The van der Waals surface area contributed by atoms with Crippen LogP contribution < -0.4 is 11.1 Å². The van der Waals surface area contributed by atoms with Crippen LogP contribution in [0.3, 0.4) is 0 Å². The SMILES string of the molecule is CC(NC(=O)C(O)Cc1ccc(O)c(O)c1)C(=O)N1CCC1C(N)=O. The summed E-state index contributed by atoms with van der Waals surface area (Å²) < 4.78 is 0. The van der Waals surface area contributed by atoms with Crippen LogP contribution in [0.4, 0.5) is 0 Å². The fourth-order valence-corrected chi connectivity index (χ4v) is 2.58. The van der Waals surface area contributed by atoms with E-state index < -0.39 is 35.9 Å². The summed E-state index contributed by atoms with van der Waals surface area (Å²) in [6, 6.07) is 2.36. The molecule has 0 aromatic heterocycles. The topological polar surface area (TPSA) is 153 Å². The summed E-state index contributed by atoms with van der Waals surface area (Å²) in [5, 5.41) is 31.0. The molecule has 1 aromatic rings. The molecule has 9 nitrogen and oxygen atoms in total. The number of hydrogen-bond acceptors (Lipinski definition) is 6. The number of nitrogens with zero attached hydrogens (tertiary/aromatic N) is 1. The van der Waals surface area contributed by atoms with Crippen LogP contribution in [0.1, 0.15) is 18.9 Å². The largest absolute Gasteiger partial charge is 0.504 e. The van der Waals surface area contributed by atoms with Crippen LogP contribution >= 0.6 is 0 Å². The quantitative estimate of drug-likeness (QED) is 0.397. The summed E-state index contributed by atoms with van der Waals surface area (Å²) in [6.45, 7) is 1.84. The zero-order valence-electron chi connectivity index (χ0n) is 13.7. The number of primary amides is 1. The van der Waals surface area contributed by atoms with Gasteiger partial charge in [0, 0.05) is 13.0 Å². The van der Waals surface area contributed by atoms with Gasteiger partial charge < -0.3 is 31.3 Å². The molecule has 1 aliphatic rings. The third-order valence-corrected chi connectivity index (χ3v) is 4.13. The minimum Gasteiger partial charge on any atom is -0.504 e. The lowest BCUT2D eigenvalue weighted by Crippen LogP contribution is -2.61. The first kappa shape index (κ1) is 18.5. The molecule has 1 saturated heterocycles. The molecule has 0 spiro atoms. The van der Waals surface area contributed by atoms with Gasteiger partial charge in [-0.25, -0.2) is 0 Å². The first-order chi connectivity index (χ1) is 11.7. The van der Waals surface area contributed by atoms with Gasteiger partial charge in [0.15, 0.2) is 11.5 Å². The second-order valence-corrected chi connectivity index (χ2v) is 6.01. The summed E-state index contributed by atoms with van der Waals surface area (Å²) in [6.07, 6.45) is -1.05. The number of phenols is 2. The first-order valence-electron chi connectivity index (χ1n) is 7.79. The smallest absolute Gasteiger partial charge is 0.249 e. The van der Waals surface area contributed by atoms with E-state index in [1.165, 1.54) is 30.0 Å². The minimum atomic E-state index is -1.44. The standard InChI is InChI=1S/C16H21N3O6/c1-8(16(25)19-5-4-10(19)14(17)23)18-15(24)13(22)7-9-2-3-11(20)12(21)6-9/h2-3,6,8,10,13,20-22H,4-5,7H2,1H3,(H2,17,23)(H,18,24). The van der Waals surface area contributed by atoms with Crippen molar-refractivity contribution >= 4 is 17.7 Å².